The minimum absolute atomic E-state index is 0.406. The van der Waals surface area contributed by atoms with Gasteiger partial charge in [-0.3, -0.25) is 0 Å². The van der Waals surface area contributed by atoms with Crippen molar-refractivity contribution in [1.82, 2.24) is 0 Å². The molecule has 0 aliphatic rings. The van der Waals surface area contributed by atoms with Gasteiger partial charge in [-0.15, -0.1) is 0 Å². The van der Waals surface area contributed by atoms with Crippen LogP contribution in [0.15, 0.2) is 140 Å². The van der Waals surface area contributed by atoms with Crippen LogP contribution in [0.5, 0.6) is 34.5 Å². The lowest BCUT2D eigenvalue weighted by Gasteiger charge is -2.14. The molecule has 0 heterocycles. The fourth-order valence-corrected chi connectivity index (χ4v) is 6.35. The maximum Gasteiger partial charge on any atom is 0.127 e. The van der Waals surface area contributed by atoms with Gasteiger partial charge in [0.1, 0.15) is 67.5 Å². The van der Waals surface area contributed by atoms with E-state index in [1.54, 1.807) is 7.11 Å². The van der Waals surface area contributed by atoms with Crippen LogP contribution < -0.4 is 28.4 Å². The van der Waals surface area contributed by atoms with Crippen LogP contribution in [0.2, 0.25) is 0 Å². The molecule has 0 atom stereocenters. The van der Waals surface area contributed by atoms with E-state index in [0.717, 1.165) is 72.4 Å². The number of rotatable bonds is 20. The van der Waals surface area contributed by atoms with E-state index in [9.17, 15) is 0 Å². The standard InChI is InChI=1S/C46H44O8/c1-47-41-19-5-14-36-35(41)13-6-20-42(36)50-29-25-48-26-30-51-43-21-7-16-38-37(43)15-8-22-44(38)52-31-27-49-28-32-53-45-23-9-18-40-39(45)17-10-24-46(40)54-33-34-11-3-2-4-12-34/h2-24H,25-33H2,1H3. The summed E-state index contributed by atoms with van der Waals surface area (Å²) in [6.45, 7) is 3.91. The minimum Gasteiger partial charge on any atom is -0.496 e. The summed E-state index contributed by atoms with van der Waals surface area (Å²) in [5.41, 5.74) is 1.12. The number of methoxy groups -OCH3 is 1. The highest BCUT2D eigenvalue weighted by Crippen LogP contribution is 2.34. The largest absolute Gasteiger partial charge is 0.496 e. The number of fused-ring (bicyclic) bond motifs is 3. The van der Waals surface area contributed by atoms with E-state index in [4.69, 9.17) is 37.9 Å². The van der Waals surface area contributed by atoms with Crippen molar-refractivity contribution in [1.29, 1.82) is 0 Å². The molecular formula is C46H44O8. The topological polar surface area (TPSA) is 73.8 Å². The molecule has 0 aromatic heterocycles. The maximum absolute atomic E-state index is 6.15. The van der Waals surface area contributed by atoms with Gasteiger partial charge in [0, 0.05) is 32.3 Å². The molecule has 0 radical (unpaired) electrons. The molecule has 54 heavy (non-hydrogen) atoms. The predicted octanol–water partition coefficient (Wildman–Crippen LogP) is 9.68. The first-order valence-electron chi connectivity index (χ1n) is 18.2. The number of benzene rings is 7. The second-order valence-corrected chi connectivity index (χ2v) is 12.4. The van der Waals surface area contributed by atoms with Gasteiger partial charge in [0.2, 0.25) is 0 Å². The van der Waals surface area contributed by atoms with Gasteiger partial charge in [0.05, 0.1) is 33.5 Å². The van der Waals surface area contributed by atoms with Gasteiger partial charge in [-0.05, 0) is 42.0 Å². The van der Waals surface area contributed by atoms with Gasteiger partial charge in [0.25, 0.3) is 0 Å². The first-order valence-corrected chi connectivity index (χ1v) is 18.2. The third-order valence-electron chi connectivity index (χ3n) is 8.92. The number of ether oxygens (including phenoxy) is 8. The van der Waals surface area contributed by atoms with E-state index < -0.39 is 0 Å². The molecule has 7 aromatic rings. The quantitative estimate of drug-likeness (QED) is 0.0720. The highest BCUT2D eigenvalue weighted by molar-refractivity contribution is 5.94. The summed E-state index contributed by atoms with van der Waals surface area (Å²) in [7, 11) is 1.67. The molecule has 7 aromatic carbocycles. The van der Waals surface area contributed by atoms with Crippen molar-refractivity contribution >= 4 is 32.3 Å². The summed E-state index contributed by atoms with van der Waals surface area (Å²) >= 11 is 0. The lowest BCUT2D eigenvalue weighted by molar-refractivity contribution is 0.0768. The lowest BCUT2D eigenvalue weighted by atomic mass is 10.1. The molecular weight excluding hydrogens is 680 g/mol. The van der Waals surface area contributed by atoms with Crippen LogP contribution in [0, 0.1) is 0 Å². The first-order chi connectivity index (χ1) is 26.8. The fraction of sp³-hybridized carbons (Fsp3) is 0.217. The highest BCUT2D eigenvalue weighted by Gasteiger charge is 2.10. The molecule has 0 N–H and O–H groups in total. The smallest absolute Gasteiger partial charge is 0.127 e. The van der Waals surface area contributed by atoms with Crippen LogP contribution in [0.25, 0.3) is 32.3 Å². The SMILES string of the molecule is COc1cccc2c(OCCOCCOc3cccc4c(OCCOCCOc5cccc6c(OCc7ccccc7)cccc56)cccc34)cccc12. The van der Waals surface area contributed by atoms with E-state index >= 15 is 0 Å². The summed E-state index contributed by atoms with van der Waals surface area (Å²) in [5.74, 6) is 4.80. The van der Waals surface area contributed by atoms with Gasteiger partial charge in [-0.25, -0.2) is 0 Å². The molecule has 0 saturated carbocycles. The van der Waals surface area contributed by atoms with Crippen LogP contribution in [0.1, 0.15) is 5.56 Å². The molecule has 0 saturated heterocycles. The zero-order valence-corrected chi connectivity index (χ0v) is 30.4. The molecule has 0 unspecified atom stereocenters. The van der Waals surface area contributed by atoms with Crippen LogP contribution in [-0.2, 0) is 16.1 Å². The van der Waals surface area contributed by atoms with Gasteiger partial charge in [-0.1, -0.05) is 103 Å². The fourth-order valence-electron chi connectivity index (χ4n) is 6.35. The molecule has 0 spiro atoms. The zero-order chi connectivity index (χ0) is 36.8. The monoisotopic (exact) mass is 724 g/mol. The van der Waals surface area contributed by atoms with Crippen molar-refractivity contribution in [3.05, 3.63) is 145 Å². The molecule has 0 aliphatic heterocycles. The maximum atomic E-state index is 6.15. The Morgan fingerprint density at radius 3 is 0.963 bits per heavy atom. The van der Waals surface area contributed by atoms with Gasteiger partial charge >= 0.3 is 0 Å². The molecule has 8 nitrogen and oxygen atoms in total. The lowest BCUT2D eigenvalue weighted by Crippen LogP contribution is -2.12. The Labute approximate surface area is 315 Å². The normalized spacial score (nSPS) is 11.1. The Morgan fingerprint density at radius 1 is 0.296 bits per heavy atom. The van der Waals surface area contributed by atoms with Gasteiger partial charge < -0.3 is 37.9 Å². The van der Waals surface area contributed by atoms with Crippen LogP contribution in [0.3, 0.4) is 0 Å². The van der Waals surface area contributed by atoms with E-state index in [1.807, 2.05) is 121 Å². The minimum atomic E-state index is 0.406. The second-order valence-electron chi connectivity index (χ2n) is 12.4. The molecule has 0 amide bonds. The Hall–Kier alpha value is -5.96. The average Bonchev–Trinajstić information content (AvgIpc) is 3.22. The molecule has 276 valence electrons. The van der Waals surface area contributed by atoms with Crippen LogP contribution in [0.4, 0.5) is 0 Å². The Balaban J connectivity index is 0.819. The Kier molecular flexibility index (Phi) is 12.6. The van der Waals surface area contributed by atoms with Gasteiger partial charge in [0.15, 0.2) is 0 Å². The number of hydrogen-bond acceptors (Lipinski definition) is 8. The molecule has 0 aliphatic carbocycles. The van der Waals surface area contributed by atoms with Crippen LogP contribution in [-0.4, -0.2) is 60.0 Å². The second kappa shape index (κ2) is 18.7. The molecule has 0 bridgehead atoms. The molecule has 0 fully saturated rings. The van der Waals surface area contributed by atoms with Crippen molar-refractivity contribution in [2.24, 2.45) is 0 Å². The first kappa shape index (κ1) is 36.4. The summed E-state index contributed by atoms with van der Waals surface area (Å²) < 4.78 is 47.7. The Bertz CT molecular complexity index is 2250. The van der Waals surface area contributed by atoms with E-state index in [-0.39, 0.29) is 0 Å². The predicted molar refractivity (Wildman–Crippen MR) is 213 cm³/mol. The summed E-state index contributed by atoms with van der Waals surface area (Å²) in [4.78, 5) is 0. The summed E-state index contributed by atoms with van der Waals surface area (Å²) in [6, 6.07) is 46.0. The van der Waals surface area contributed by atoms with E-state index in [2.05, 4.69) is 18.2 Å². The highest BCUT2D eigenvalue weighted by atomic mass is 16.6. The average molecular weight is 725 g/mol. The third kappa shape index (κ3) is 9.15. The molecule has 7 rings (SSSR count). The van der Waals surface area contributed by atoms with E-state index in [0.29, 0.717) is 59.5 Å². The summed E-state index contributed by atoms with van der Waals surface area (Å²) in [6.07, 6.45) is 0. The third-order valence-corrected chi connectivity index (χ3v) is 8.92. The van der Waals surface area contributed by atoms with Crippen molar-refractivity contribution < 1.29 is 37.9 Å². The zero-order valence-electron chi connectivity index (χ0n) is 30.4. The van der Waals surface area contributed by atoms with Crippen LogP contribution >= 0.6 is 0 Å². The van der Waals surface area contributed by atoms with Crippen molar-refractivity contribution in [3.63, 3.8) is 0 Å². The van der Waals surface area contributed by atoms with Crippen molar-refractivity contribution in [3.8, 4) is 34.5 Å². The summed E-state index contributed by atoms with van der Waals surface area (Å²) in [5, 5.41) is 5.99. The van der Waals surface area contributed by atoms with Crippen molar-refractivity contribution in [2.45, 2.75) is 6.61 Å². The molecule has 8 heteroatoms. The number of hydrogen-bond donors (Lipinski definition) is 0. The van der Waals surface area contributed by atoms with Crippen molar-refractivity contribution in [2.75, 3.05) is 60.0 Å². The van der Waals surface area contributed by atoms with Gasteiger partial charge in [-0.2, -0.15) is 0 Å². The van der Waals surface area contributed by atoms with E-state index in [1.165, 1.54) is 0 Å². The Morgan fingerprint density at radius 2 is 0.611 bits per heavy atom.